The zero-order valence-electron chi connectivity index (χ0n) is 15.9. The standard InChI is InChI=1S/C23H25FN2O2/c24-18-12-21(23(27)25-19-8-6-16(7-9-19)15-4-5-15)26(14-18)13-17-2-1-3-22-20(17)10-11-28-22/h1-3,6-9,15,18,21H,4-5,10-14H2,(H,25,27)/t18-,21+/m0/s1. The molecule has 1 saturated carbocycles. The number of nitrogens with one attached hydrogen (secondary N) is 1. The summed E-state index contributed by atoms with van der Waals surface area (Å²) in [6, 6.07) is 13.7. The molecule has 4 nitrogen and oxygen atoms in total. The molecule has 0 bridgehead atoms. The van der Waals surface area contributed by atoms with E-state index in [-0.39, 0.29) is 12.3 Å². The average molecular weight is 380 g/mol. The second-order valence-electron chi connectivity index (χ2n) is 8.16. The molecule has 2 heterocycles. The topological polar surface area (TPSA) is 41.6 Å². The van der Waals surface area contributed by atoms with Crippen molar-refractivity contribution in [1.82, 2.24) is 4.90 Å². The highest BCUT2D eigenvalue weighted by atomic mass is 19.1. The Labute approximate surface area is 164 Å². The van der Waals surface area contributed by atoms with E-state index in [1.54, 1.807) is 0 Å². The molecular formula is C23H25FN2O2. The maximum atomic E-state index is 14.2. The van der Waals surface area contributed by atoms with Crippen LogP contribution in [0.25, 0.3) is 0 Å². The van der Waals surface area contributed by atoms with Crippen molar-refractivity contribution in [2.24, 2.45) is 0 Å². The second-order valence-corrected chi connectivity index (χ2v) is 8.16. The number of carbonyl (C=O) groups excluding carboxylic acids is 1. The van der Waals surface area contributed by atoms with Crippen molar-refractivity contribution >= 4 is 11.6 Å². The highest BCUT2D eigenvalue weighted by Gasteiger charge is 2.37. The van der Waals surface area contributed by atoms with Gasteiger partial charge in [-0.2, -0.15) is 0 Å². The van der Waals surface area contributed by atoms with Gasteiger partial charge in [0.25, 0.3) is 0 Å². The lowest BCUT2D eigenvalue weighted by Gasteiger charge is -2.24. The quantitative estimate of drug-likeness (QED) is 0.851. The summed E-state index contributed by atoms with van der Waals surface area (Å²) in [6.07, 6.45) is 2.67. The summed E-state index contributed by atoms with van der Waals surface area (Å²) in [5, 5.41) is 2.99. The van der Waals surface area contributed by atoms with Crippen molar-refractivity contribution in [2.75, 3.05) is 18.5 Å². The van der Waals surface area contributed by atoms with Crippen LogP contribution in [0.1, 0.15) is 41.9 Å². The molecule has 1 amide bonds. The summed E-state index contributed by atoms with van der Waals surface area (Å²) in [5.74, 6) is 1.49. The number of halogens is 1. The highest BCUT2D eigenvalue weighted by molar-refractivity contribution is 5.95. The number of nitrogens with zero attached hydrogens (tertiary/aromatic N) is 1. The van der Waals surface area contributed by atoms with Crippen LogP contribution >= 0.6 is 0 Å². The third-order valence-electron chi connectivity index (χ3n) is 6.10. The van der Waals surface area contributed by atoms with E-state index in [1.807, 2.05) is 29.2 Å². The van der Waals surface area contributed by atoms with Gasteiger partial charge in [-0.05, 0) is 48.1 Å². The smallest absolute Gasteiger partial charge is 0.241 e. The molecule has 28 heavy (non-hydrogen) atoms. The number of anilines is 1. The van der Waals surface area contributed by atoms with Gasteiger partial charge in [0, 0.05) is 37.2 Å². The first kappa shape index (κ1) is 17.7. The molecule has 2 fully saturated rings. The summed E-state index contributed by atoms with van der Waals surface area (Å²) in [7, 11) is 0. The van der Waals surface area contributed by atoms with Crippen LogP contribution in [-0.4, -0.2) is 36.2 Å². The molecule has 1 saturated heterocycles. The summed E-state index contributed by atoms with van der Waals surface area (Å²) in [5.41, 5.74) is 4.45. The number of amides is 1. The SMILES string of the molecule is O=C(Nc1ccc(C2CC2)cc1)[C@H]1C[C@H](F)CN1Cc1cccc2c1CCO2. The summed E-state index contributed by atoms with van der Waals surface area (Å²) >= 11 is 0. The minimum atomic E-state index is -0.971. The van der Waals surface area contributed by atoms with Crippen LogP contribution in [-0.2, 0) is 17.8 Å². The van der Waals surface area contributed by atoms with Crippen molar-refractivity contribution < 1.29 is 13.9 Å². The van der Waals surface area contributed by atoms with E-state index < -0.39 is 12.2 Å². The van der Waals surface area contributed by atoms with Gasteiger partial charge in [0.15, 0.2) is 0 Å². The van der Waals surface area contributed by atoms with Crippen LogP contribution in [0.5, 0.6) is 5.75 Å². The van der Waals surface area contributed by atoms with Crippen LogP contribution in [0.4, 0.5) is 10.1 Å². The largest absolute Gasteiger partial charge is 0.493 e. The molecule has 2 atom stereocenters. The molecule has 0 radical (unpaired) electrons. The first-order chi connectivity index (χ1) is 13.7. The Bertz CT molecular complexity index is 879. The van der Waals surface area contributed by atoms with E-state index in [1.165, 1.54) is 24.0 Å². The number of carbonyl (C=O) groups is 1. The van der Waals surface area contributed by atoms with Gasteiger partial charge in [-0.15, -0.1) is 0 Å². The minimum Gasteiger partial charge on any atom is -0.493 e. The monoisotopic (exact) mass is 380 g/mol. The van der Waals surface area contributed by atoms with Gasteiger partial charge in [0.2, 0.25) is 5.91 Å². The van der Waals surface area contributed by atoms with Gasteiger partial charge >= 0.3 is 0 Å². The molecule has 1 aliphatic carbocycles. The van der Waals surface area contributed by atoms with E-state index in [0.717, 1.165) is 23.4 Å². The van der Waals surface area contributed by atoms with Gasteiger partial charge in [-0.3, -0.25) is 9.69 Å². The molecule has 0 spiro atoms. The van der Waals surface area contributed by atoms with Gasteiger partial charge in [0.05, 0.1) is 12.6 Å². The Morgan fingerprint density at radius 1 is 1.18 bits per heavy atom. The zero-order chi connectivity index (χ0) is 19.1. The van der Waals surface area contributed by atoms with E-state index in [2.05, 4.69) is 23.5 Å². The Morgan fingerprint density at radius 3 is 2.79 bits per heavy atom. The Morgan fingerprint density at radius 2 is 2.00 bits per heavy atom. The molecule has 2 aromatic carbocycles. The molecule has 2 aliphatic heterocycles. The van der Waals surface area contributed by atoms with E-state index in [9.17, 15) is 9.18 Å². The lowest BCUT2D eigenvalue weighted by molar-refractivity contribution is -0.120. The fourth-order valence-corrected chi connectivity index (χ4v) is 4.44. The number of fused-ring (bicyclic) bond motifs is 1. The van der Waals surface area contributed by atoms with Crippen molar-refractivity contribution in [2.45, 2.75) is 50.4 Å². The van der Waals surface area contributed by atoms with Crippen LogP contribution < -0.4 is 10.1 Å². The third kappa shape index (κ3) is 3.51. The molecule has 146 valence electrons. The molecule has 5 heteroatoms. The van der Waals surface area contributed by atoms with E-state index in [0.29, 0.717) is 25.6 Å². The Kier molecular flexibility index (Phi) is 4.55. The van der Waals surface area contributed by atoms with Gasteiger partial charge in [-0.1, -0.05) is 24.3 Å². The van der Waals surface area contributed by atoms with Crippen molar-refractivity contribution in [1.29, 1.82) is 0 Å². The molecular weight excluding hydrogens is 355 g/mol. The second kappa shape index (κ2) is 7.21. The number of hydrogen-bond donors (Lipinski definition) is 1. The van der Waals surface area contributed by atoms with Crippen molar-refractivity contribution in [3.63, 3.8) is 0 Å². The van der Waals surface area contributed by atoms with Gasteiger partial charge < -0.3 is 10.1 Å². The Balaban J connectivity index is 1.29. The highest BCUT2D eigenvalue weighted by Crippen LogP contribution is 2.40. The average Bonchev–Trinajstić information content (AvgIpc) is 3.31. The van der Waals surface area contributed by atoms with E-state index >= 15 is 0 Å². The number of alkyl halides is 1. The maximum Gasteiger partial charge on any atom is 0.241 e. The fraction of sp³-hybridized carbons (Fsp3) is 0.435. The normalized spacial score (nSPS) is 24.0. The summed E-state index contributed by atoms with van der Waals surface area (Å²) < 4.78 is 19.8. The third-order valence-corrected chi connectivity index (χ3v) is 6.10. The lowest BCUT2D eigenvalue weighted by Crippen LogP contribution is -2.39. The zero-order valence-corrected chi connectivity index (χ0v) is 15.9. The van der Waals surface area contributed by atoms with Crippen LogP contribution in [0, 0.1) is 0 Å². The number of likely N-dealkylation sites (tertiary alicyclic amines) is 1. The first-order valence-electron chi connectivity index (χ1n) is 10.2. The first-order valence-corrected chi connectivity index (χ1v) is 10.2. The predicted octanol–water partition coefficient (Wildman–Crippen LogP) is 4.05. The molecule has 1 N–H and O–H groups in total. The van der Waals surface area contributed by atoms with Crippen LogP contribution in [0.3, 0.4) is 0 Å². The molecule has 0 unspecified atom stereocenters. The van der Waals surface area contributed by atoms with Crippen LogP contribution in [0.15, 0.2) is 42.5 Å². The molecule has 3 aliphatic rings. The fourth-order valence-electron chi connectivity index (χ4n) is 4.44. The molecule has 2 aromatic rings. The van der Waals surface area contributed by atoms with E-state index in [4.69, 9.17) is 4.74 Å². The number of ether oxygens (including phenoxy) is 1. The van der Waals surface area contributed by atoms with Crippen molar-refractivity contribution in [3.05, 3.63) is 59.2 Å². The number of hydrogen-bond acceptors (Lipinski definition) is 3. The van der Waals surface area contributed by atoms with Gasteiger partial charge in [-0.25, -0.2) is 4.39 Å². The summed E-state index contributed by atoms with van der Waals surface area (Å²) in [6.45, 7) is 1.56. The Hall–Kier alpha value is -2.40. The van der Waals surface area contributed by atoms with Gasteiger partial charge in [0.1, 0.15) is 11.9 Å². The maximum absolute atomic E-state index is 14.2. The number of benzene rings is 2. The number of rotatable bonds is 5. The molecule has 0 aromatic heterocycles. The van der Waals surface area contributed by atoms with Crippen LogP contribution in [0.2, 0.25) is 0 Å². The lowest BCUT2D eigenvalue weighted by atomic mass is 10.0. The molecule has 5 rings (SSSR count). The predicted molar refractivity (Wildman–Crippen MR) is 106 cm³/mol. The summed E-state index contributed by atoms with van der Waals surface area (Å²) in [4.78, 5) is 14.8. The minimum absolute atomic E-state index is 0.122. The van der Waals surface area contributed by atoms with Crippen molar-refractivity contribution in [3.8, 4) is 5.75 Å².